The molecule has 1 amide bonds. The summed E-state index contributed by atoms with van der Waals surface area (Å²) in [7, 11) is 0. The third-order valence-electron chi connectivity index (χ3n) is 3.42. The van der Waals surface area contributed by atoms with Gasteiger partial charge >= 0.3 is 5.97 Å². The van der Waals surface area contributed by atoms with Crippen molar-refractivity contribution in [3.8, 4) is 12.3 Å². The predicted molar refractivity (Wildman–Crippen MR) is 107 cm³/mol. The number of rotatable bonds is 4. The second-order valence-corrected chi connectivity index (χ2v) is 8.57. The van der Waals surface area contributed by atoms with E-state index in [4.69, 9.17) is 11.2 Å². The first-order valence-electron chi connectivity index (χ1n) is 7.62. The molecule has 0 unspecified atom stereocenters. The van der Waals surface area contributed by atoms with Gasteiger partial charge in [0.25, 0.3) is 5.91 Å². The first-order valence-corrected chi connectivity index (χ1v) is 10.0. The van der Waals surface area contributed by atoms with Crippen LogP contribution in [0.2, 0.25) is 0 Å². The standard InChI is InChI=1S/C18H13BrN2O3S2/c1-3-9-21-12-6-5-11(17(23)24-4-2)10-14(12)26-18(21)20-16(22)13-7-8-15(19)25-13/h1,5-8,10H,4,9H2,2H3. The van der Waals surface area contributed by atoms with Crippen molar-refractivity contribution < 1.29 is 14.3 Å². The molecule has 2 heterocycles. The van der Waals surface area contributed by atoms with Crippen molar-refractivity contribution in [3.05, 3.63) is 49.4 Å². The molecular weight excluding hydrogens is 436 g/mol. The van der Waals surface area contributed by atoms with E-state index in [0.717, 1.165) is 14.0 Å². The lowest BCUT2D eigenvalue weighted by Crippen LogP contribution is -2.16. The highest BCUT2D eigenvalue weighted by atomic mass is 79.9. The minimum Gasteiger partial charge on any atom is -0.462 e. The van der Waals surface area contributed by atoms with Crippen LogP contribution in [0.5, 0.6) is 0 Å². The lowest BCUT2D eigenvalue weighted by Gasteiger charge is -2.03. The fraction of sp³-hybridized carbons (Fsp3) is 0.167. The molecule has 132 valence electrons. The molecule has 0 bridgehead atoms. The van der Waals surface area contributed by atoms with Crippen LogP contribution in [0.4, 0.5) is 0 Å². The molecule has 0 spiro atoms. The highest BCUT2D eigenvalue weighted by Crippen LogP contribution is 2.23. The Morgan fingerprint density at radius 3 is 2.77 bits per heavy atom. The molecule has 5 nitrogen and oxygen atoms in total. The van der Waals surface area contributed by atoms with Crippen molar-refractivity contribution >= 4 is 60.7 Å². The van der Waals surface area contributed by atoms with Crippen molar-refractivity contribution in [3.63, 3.8) is 0 Å². The van der Waals surface area contributed by atoms with Gasteiger partial charge in [0.15, 0.2) is 4.80 Å². The number of carbonyl (C=O) groups is 2. The smallest absolute Gasteiger partial charge is 0.338 e. The van der Waals surface area contributed by atoms with Crippen molar-refractivity contribution in [2.24, 2.45) is 4.99 Å². The maximum absolute atomic E-state index is 12.4. The van der Waals surface area contributed by atoms with Gasteiger partial charge in [0.2, 0.25) is 0 Å². The molecule has 0 radical (unpaired) electrons. The van der Waals surface area contributed by atoms with Crippen molar-refractivity contribution in [2.45, 2.75) is 13.5 Å². The van der Waals surface area contributed by atoms with E-state index in [-0.39, 0.29) is 18.4 Å². The Balaban J connectivity index is 2.10. The zero-order valence-electron chi connectivity index (χ0n) is 13.7. The van der Waals surface area contributed by atoms with E-state index in [1.54, 1.807) is 41.8 Å². The maximum atomic E-state index is 12.4. The maximum Gasteiger partial charge on any atom is 0.338 e. The number of thiazole rings is 1. The Morgan fingerprint density at radius 1 is 1.31 bits per heavy atom. The molecule has 0 aliphatic carbocycles. The summed E-state index contributed by atoms with van der Waals surface area (Å²) in [6.07, 6.45) is 5.47. The highest BCUT2D eigenvalue weighted by molar-refractivity contribution is 9.11. The number of terminal acetylenes is 1. The number of benzene rings is 1. The third-order valence-corrected chi connectivity index (χ3v) is 6.08. The number of carbonyl (C=O) groups excluding carboxylic acids is 2. The zero-order chi connectivity index (χ0) is 18.7. The molecule has 0 saturated carbocycles. The van der Waals surface area contributed by atoms with E-state index in [1.165, 1.54) is 22.7 Å². The van der Waals surface area contributed by atoms with Crippen LogP contribution < -0.4 is 4.80 Å². The predicted octanol–water partition coefficient (Wildman–Crippen LogP) is 4.08. The number of hydrogen-bond acceptors (Lipinski definition) is 5. The van der Waals surface area contributed by atoms with Gasteiger partial charge in [0.1, 0.15) is 0 Å². The summed E-state index contributed by atoms with van der Waals surface area (Å²) in [5.74, 6) is 1.86. The van der Waals surface area contributed by atoms with Crippen LogP contribution >= 0.6 is 38.6 Å². The van der Waals surface area contributed by atoms with Crippen molar-refractivity contribution in [2.75, 3.05) is 6.61 Å². The number of nitrogens with zero attached hydrogens (tertiary/aromatic N) is 2. The molecule has 1 aromatic carbocycles. The second kappa shape index (κ2) is 7.99. The summed E-state index contributed by atoms with van der Waals surface area (Å²) in [5.41, 5.74) is 1.27. The van der Waals surface area contributed by atoms with Gasteiger partial charge in [0.05, 0.1) is 37.6 Å². The summed E-state index contributed by atoms with van der Waals surface area (Å²) in [5, 5.41) is 0. The minimum atomic E-state index is -0.385. The lowest BCUT2D eigenvalue weighted by molar-refractivity contribution is 0.0526. The molecule has 2 aromatic heterocycles. The fourth-order valence-electron chi connectivity index (χ4n) is 2.32. The van der Waals surface area contributed by atoms with E-state index in [9.17, 15) is 9.59 Å². The molecule has 8 heteroatoms. The monoisotopic (exact) mass is 448 g/mol. The van der Waals surface area contributed by atoms with Crippen LogP contribution in [0.15, 0.2) is 39.1 Å². The Kier molecular flexibility index (Phi) is 5.71. The zero-order valence-corrected chi connectivity index (χ0v) is 16.9. The van der Waals surface area contributed by atoms with E-state index in [0.29, 0.717) is 21.8 Å². The van der Waals surface area contributed by atoms with Gasteiger partial charge in [0, 0.05) is 0 Å². The van der Waals surface area contributed by atoms with Crippen LogP contribution in [0.3, 0.4) is 0 Å². The average molecular weight is 449 g/mol. The molecule has 0 saturated heterocycles. The van der Waals surface area contributed by atoms with Crippen LogP contribution in [-0.4, -0.2) is 23.1 Å². The minimum absolute atomic E-state index is 0.277. The Morgan fingerprint density at radius 2 is 2.12 bits per heavy atom. The molecule has 0 aliphatic heterocycles. The van der Waals surface area contributed by atoms with Gasteiger partial charge in [-0.2, -0.15) is 4.99 Å². The van der Waals surface area contributed by atoms with E-state index in [1.807, 2.05) is 0 Å². The lowest BCUT2D eigenvalue weighted by atomic mass is 10.2. The number of thiophene rings is 1. The van der Waals surface area contributed by atoms with Gasteiger partial charge in [-0.25, -0.2) is 4.79 Å². The highest BCUT2D eigenvalue weighted by Gasteiger charge is 2.13. The summed E-state index contributed by atoms with van der Waals surface area (Å²) in [6, 6.07) is 8.73. The van der Waals surface area contributed by atoms with Gasteiger partial charge in [-0.3, -0.25) is 4.79 Å². The Bertz CT molecular complexity index is 1100. The van der Waals surface area contributed by atoms with Crippen molar-refractivity contribution in [1.29, 1.82) is 0 Å². The number of fused-ring (bicyclic) bond motifs is 1. The number of esters is 1. The summed E-state index contributed by atoms with van der Waals surface area (Å²) in [4.78, 5) is 29.6. The topological polar surface area (TPSA) is 60.7 Å². The average Bonchev–Trinajstić information content (AvgIpc) is 3.19. The number of halogens is 1. The molecular formula is C18H13BrN2O3S2. The number of amides is 1. The molecule has 26 heavy (non-hydrogen) atoms. The number of ether oxygens (including phenoxy) is 1. The molecule has 0 atom stereocenters. The summed E-state index contributed by atoms with van der Waals surface area (Å²) in [6.45, 7) is 2.34. The third kappa shape index (κ3) is 3.80. The van der Waals surface area contributed by atoms with Gasteiger partial charge in [-0.1, -0.05) is 17.3 Å². The molecule has 0 N–H and O–H groups in total. The quantitative estimate of drug-likeness (QED) is 0.446. The van der Waals surface area contributed by atoms with E-state index < -0.39 is 0 Å². The van der Waals surface area contributed by atoms with Gasteiger partial charge in [-0.15, -0.1) is 17.8 Å². The summed E-state index contributed by atoms with van der Waals surface area (Å²) >= 11 is 5.97. The molecule has 3 aromatic rings. The van der Waals surface area contributed by atoms with Gasteiger partial charge < -0.3 is 9.30 Å². The van der Waals surface area contributed by atoms with E-state index in [2.05, 4.69) is 26.8 Å². The van der Waals surface area contributed by atoms with Crippen LogP contribution in [0.1, 0.15) is 27.0 Å². The largest absolute Gasteiger partial charge is 0.462 e. The van der Waals surface area contributed by atoms with Crippen LogP contribution in [-0.2, 0) is 11.3 Å². The van der Waals surface area contributed by atoms with Crippen LogP contribution in [0, 0.1) is 12.3 Å². The Hall–Kier alpha value is -2.21. The fourth-order valence-corrected chi connectivity index (χ4v) is 4.65. The van der Waals surface area contributed by atoms with E-state index >= 15 is 0 Å². The van der Waals surface area contributed by atoms with Gasteiger partial charge in [-0.05, 0) is 53.2 Å². The molecule has 3 rings (SSSR count). The van der Waals surface area contributed by atoms with Crippen molar-refractivity contribution in [1.82, 2.24) is 4.57 Å². The first-order chi connectivity index (χ1) is 12.5. The molecule has 0 fully saturated rings. The molecule has 0 aliphatic rings. The number of hydrogen-bond donors (Lipinski definition) is 0. The Labute approximate surface area is 166 Å². The number of aromatic nitrogens is 1. The first kappa shape index (κ1) is 18.6. The second-order valence-electron chi connectivity index (χ2n) is 5.10. The van der Waals surface area contributed by atoms with Crippen LogP contribution in [0.25, 0.3) is 10.2 Å². The normalized spacial score (nSPS) is 11.5. The SMILES string of the molecule is C#CCn1c(=NC(=O)c2ccc(Br)s2)sc2cc(C(=O)OCC)ccc21. The summed E-state index contributed by atoms with van der Waals surface area (Å²) < 4.78 is 8.49.